The zero-order chi connectivity index (χ0) is 17.0. The van der Waals surface area contributed by atoms with Crippen molar-refractivity contribution in [2.45, 2.75) is 70.8 Å². The Kier molecular flexibility index (Phi) is 4.01. The van der Waals surface area contributed by atoms with E-state index in [2.05, 4.69) is 26.8 Å². The number of hydrogen-bond donors (Lipinski definition) is 3. The minimum absolute atomic E-state index is 0.0267. The SMILES string of the molecule is CC(C)c1c(O)ccc2c1CCC1C2(C)CCC(O)C1(C)CO. The summed E-state index contributed by atoms with van der Waals surface area (Å²) < 4.78 is 0. The van der Waals surface area contributed by atoms with Gasteiger partial charge in [-0.25, -0.2) is 0 Å². The molecule has 2 aliphatic carbocycles. The first-order valence-electron chi connectivity index (χ1n) is 8.90. The summed E-state index contributed by atoms with van der Waals surface area (Å²) in [6, 6.07) is 3.92. The third kappa shape index (κ3) is 2.24. The van der Waals surface area contributed by atoms with Gasteiger partial charge in [0.15, 0.2) is 0 Å². The van der Waals surface area contributed by atoms with Gasteiger partial charge in [-0.05, 0) is 65.7 Å². The minimum atomic E-state index is -0.444. The molecular weight excluding hydrogens is 288 g/mol. The molecule has 0 saturated heterocycles. The molecule has 0 amide bonds. The highest BCUT2D eigenvalue weighted by Crippen LogP contribution is 2.58. The van der Waals surface area contributed by atoms with E-state index in [0.717, 1.165) is 31.2 Å². The van der Waals surface area contributed by atoms with Gasteiger partial charge in [0.2, 0.25) is 0 Å². The number of rotatable bonds is 2. The maximum Gasteiger partial charge on any atom is 0.119 e. The van der Waals surface area contributed by atoms with E-state index in [4.69, 9.17) is 0 Å². The van der Waals surface area contributed by atoms with Crippen LogP contribution in [0.3, 0.4) is 0 Å². The van der Waals surface area contributed by atoms with Crippen molar-refractivity contribution >= 4 is 0 Å². The normalized spacial score (nSPS) is 36.7. The summed E-state index contributed by atoms with van der Waals surface area (Å²) in [7, 11) is 0. The number of benzene rings is 1. The molecule has 0 radical (unpaired) electrons. The predicted octanol–water partition coefficient (Wildman–Crippen LogP) is 3.49. The van der Waals surface area contributed by atoms with E-state index < -0.39 is 11.5 Å². The second-order valence-corrected chi connectivity index (χ2v) is 8.41. The molecular formula is C20H30O3. The van der Waals surface area contributed by atoms with Crippen LogP contribution in [-0.2, 0) is 11.8 Å². The van der Waals surface area contributed by atoms with Crippen LogP contribution in [-0.4, -0.2) is 28.0 Å². The first-order chi connectivity index (χ1) is 10.8. The van der Waals surface area contributed by atoms with Gasteiger partial charge < -0.3 is 15.3 Å². The average Bonchev–Trinajstić information content (AvgIpc) is 2.50. The molecule has 3 rings (SSSR count). The van der Waals surface area contributed by atoms with Crippen LogP contribution in [0, 0.1) is 11.3 Å². The smallest absolute Gasteiger partial charge is 0.119 e. The fourth-order valence-electron chi connectivity index (χ4n) is 5.48. The zero-order valence-corrected chi connectivity index (χ0v) is 14.8. The molecule has 0 aromatic heterocycles. The lowest BCUT2D eigenvalue weighted by Gasteiger charge is -2.57. The van der Waals surface area contributed by atoms with Gasteiger partial charge in [-0.3, -0.25) is 0 Å². The van der Waals surface area contributed by atoms with Crippen LogP contribution in [0.2, 0.25) is 0 Å². The van der Waals surface area contributed by atoms with Gasteiger partial charge in [0.25, 0.3) is 0 Å². The second kappa shape index (κ2) is 5.49. The van der Waals surface area contributed by atoms with Crippen molar-refractivity contribution in [3.05, 3.63) is 28.8 Å². The summed E-state index contributed by atoms with van der Waals surface area (Å²) in [6.07, 6.45) is 3.10. The molecule has 4 unspecified atom stereocenters. The summed E-state index contributed by atoms with van der Waals surface area (Å²) in [5.74, 6) is 0.964. The molecule has 1 fully saturated rings. The van der Waals surface area contributed by atoms with E-state index in [9.17, 15) is 15.3 Å². The number of aliphatic hydroxyl groups is 2. The van der Waals surface area contributed by atoms with E-state index in [1.54, 1.807) is 0 Å². The topological polar surface area (TPSA) is 60.7 Å². The summed E-state index contributed by atoms with van der Waals surface area (Å²) in [6.45, 7) is 8.61. The van der Waals surface area contributed by atoms with Crippen molar-refractivity contribution in [2.75, 3.05) is 6.61 Å². The van der Waals surface area contributed by atoms with Crippen molar-refractivity contribution in [3.8, 4) is 5.75 Å². The van der Waals surface area contributed by atoms with Crippen LogP contribution < -0.4 is 0 Å². The quantitative estimate of drug-likeness (QED) is 0.782. The Morgan fingerprint density at radius 2 is 1.91 bits per heavy atom. The number of hydrogen-bond acceptors (Lipinski definition) is 3. The number of fused-ring (bicyclic) bond motifs is 3. The van der Waals surface area contributed by atoms with E-state index in [0.29, 0.717) is 11.7 Å². The van der Waals surface area contributed by atoms with Gasteiger partial charge in [0.05, 0.1) is 12.7 Å². The Labute approximate surface area is 139 Å². The molecule has 1 aromatic carbocycles. The number of aliphatic hydroxyl groups excluding tert-OH is 2. The predicted molar refractivity (Wildman–Crippen MR) is 91.8 cm³/mol. The molecule has 3 nitrogen and oxygen atoms in total. The first kappa shape index (κ1) is 16.8. The van der Waals surface area contributed by atoms with E-state index in [1.807, 2.05) is 13.0 Å². The minimum Gasteiger partial charge on any atom is -0.508 e. The summed E-state index contributed by atoms with van der Waals surface area (Å²) >= 11 is 0. The Morgan fingerprint density at radius 3 is 2.52 bits per heavy atom. The van der Waals surface area contributed by atoms with E-state index in [1.165, 1.54) is 11.1 Å². The van der Waals surface area contributed by atoms with Crippen molar-refractivity contribution in [1.29, 1.82) is 0 Å². The lowest BCUT2D eigenvalue weighted by atomic mass is 9.49. The fraction of sp³-hybridized carbons (Fsp3) is 0.700. The van der Waals surface area contributed by atoms with Gasteiger partial charge >= 0.3 is 0 Å². The lowest BCUT2D eigenvalue weighted by Crippen LogP contribution is -2.56. The van der Waals surface area contributed by atoms with Gasteiger partial charge in [0.1, 0.15) is 5.75 Å². The third-order valence-electron chi connectivity index (χ3n) is 6.81. The van der Waals surface area contributed by atoms with Gasteiger partial charge in [0, 0.05) is 5.41 Å². The maximum absolute atomic E-state index is 10.5. The maximum atomic E-state index is 10.5. The molecule has 2 aliphatic rings. The molecule has 3 heteroatoms. The molecule has 4 atom stereocenters. The second-order valence-electron chi connectivity index (χ2n) is 8.41. The first-order valence-corrected chi connectivity index (χ1v) is 8.90. The monoisotopic (exact) mass is 318 g/mol. The van der Waals surface area contributed by atoms with E-state index >= 15 is 0 Å². The lowest BCUT2D eigenvalue weighted by molar-refractivity contribution is -0.110. The summed E-state index contributed by atoms with van der Waals surface area (Å²) in [4.78, 5) is 0. The van der Waals surface area contributed by atoms with Crippen LogP contribution in [0.1, 0.15) is 69.6 Å². The van der Waals surface area contributed by atoms with Crippen molar-refractivity contribution in [2.24, 2.45) is 11.3 Å². The molecule has 128 valence electrons. The zero-order valence-electron chi connectivity index (χ0n) is 14.8. The van der Waals surface area contributed by atoms with Crippen LogP contribution in [0.25, 0.3) is 0 Å². The molecule has 1 saturated carbocycles. The van der Waals surface area contributed by atoms with Crippen molar-refractivity contribution in [3.63, 3.8) is 0 Å². The molecule has 0 bridgehead atoms. The van der Waals surface area contributed by atoms with Gasteiger partial charge in [-0.15, -0.1) is 0 Å². The molecule has 0 spiro atoms. The Bertz CT molecular complexity index is 609. The highest BCUT2D eigenvalue weighted by molar-refractivity contribution is 5.51. The fourth-order valence-corrected chi connectivity index (χ4v) is 5.48. The van der Waals surface area contributed by atoms with Gasteiger partial charge in [-0.1, -0.05) is 33.8 Å². The van der Waals surface area contributed by atoms with E-state index in [-0.39, 0.29) is 17.9 Å². The molecule has 3 N–H and O–H groups in total. The highest BCUT2D eigenvalue weighted by Gasteiger charge is 2.55. The summed E-state index contributed by atoms with van der Waals surface area (Å²) in [5.41, 5.74) is 3.22. The van der Waals surface area contributed by atoms with Crippen molar-refractivity contribution in [1.82, 2.24) is 0 Å². The van der Waals surface area contributed by atoms with Crippen LogP contribution in [0.4, 0.5) is 0 Å². The largest absolute Gasteiger partial charge is 0.508 e. The molecule has 23 heavy (non-hydrogen) atoms. The number of phenolic OH excluding ortho intramolecular Hbond substituents is 1. The highest BCUT2D eigenvalue weighted by atomic mass is 16.3. The number of phenols is 1. The Hall–Kier alpha value is -1.06. The molecule has 1 aromatic rings. The standard InChI is InChI=1S/C20H30O3/c1-12(2)18-13-5-8-16-19(3,14(13)6-7-15(18)22)10-9-17(23)20(16,4)11-21/h6-7,12,16-17,21-23H,5,8-11H2,1-4H3. The Morgan fingerprint density at radius 1 is 1.22 bits per heavy atom. The van der Waals surface area contributed by atoms with Crippen LogP contribution in [0.15, 0.2) is 12.1 Å². The van der Waals surface area contributed by atoms with Crippen LogP contribution >= 0.6 is 0 Å². The summed E-state index contributed by atoms with van der Waals surface area (Å²) in [5, 5.41) is 30.9. The Balaban J connectivity index is 2.16. The average molecular weight is 318 g/mol. The third-order valence-corrected chi connectivity index (χ3v) is 6.81. The molecule has 0 aliphatic heterocycles. The van der Waals surface area contributed by atoms with Crippen molar-refractivity contribution < 1.29 is 15.3 Å². The number of aromatic hydroxyl groups is 1. The van der Waals surface area contributed by atoms with Crippen LogP contribution in [0.5, 0.6) is 5.75 Å². The molecule has 0 heterocycles. The van der Waals surface area contributed by atoms with Gasteiger partial charge in [-0.2, -0.15) is 0 Å².